The predicted octanol–water partition coefficient (Wildman–Crippen LogP) is 4.31. The van der Waals surface area contributed by atoms with Gasteiger partial charge in [-0.15, -0.1) is 0 Å². The van der Waals surface area contributed by atoms with Crippen LogP contribution in [0.3, 0.4) is 0 Å². The van der Waals surface area contributed by atoms with Gasteiger partial charge in [0, 0.05) is 4.47 Å². The molecule has 4 nitrogen and oxygen atoms in total. The van der Waals surface area contributed by atoms with Crippen molar-refractivity contribution in [2.75, 3.05) is 19.0 Å². The summed E-state index contributed by atoms with van der Waals surface area (Å²) in [5.74, 6) is 0.374. The topological polar surface area (TPSA) is 47.6 Å². The van der Waals surface area contributed by atoms with E-state index in [-0.39, 0.29) is 24.6 Å². The second-order valence-electron chi connectivity index (χ2n) is 4.93. The first-order valence-electron chi connectivity index (χ1n) is 7.02. The molecule has 0 saturated carbocycles. The van der Waals surface area contributed by atoms with Gasteiger partial charge >= 0.3 is 0 Å². The second-order valence-corrected chi connectivity index (χ2v) is 5.84. The van der Waals surface area contributed by atoms with Crippen molar-refractivity contribution < 1.29 is 18.7 Å². The van der Waals surface area contributed by atoms with Crippen LogP contribution in [0.5, 0.6) is 11.5 Å². The van der Waals surface area contributed by atoms with Gasteiger partial charge in [0.2, 0.25) is 5.91 Å². The van der Waals surface area contributed by atoms with Crippen molar-refractivity contribution in [2.45, 2.75) is 13.3 Å². The van der Waals surface area contributed by atoms with Crippen LogP contribution in [0.15, 0.2) is 40.9 Å². The van der Waals surface area contributed by atoms with Gasteiger partial charge in [-0.1, -0.05) is 22.0 Å². The van der Waals surface area contributed by atoms with Crippen molar-refractivity contribution in [3.63, 3.8) is 0 Å². The summed E-state index contributed by atoms with van der Waals surface area (Å²) in [5.41, 5.74) is 1.19. The Kier molecular flexibility index (Phi) is 5.98. The van der Waals surface area contributed by atoms with E-state index >= 15 is 0 Å². The van der Waals surface area contributed by atoms with Crippen molar-refractivity contribution >= 4 is 27.5 Å². The minimum atomic E-state index is -0.484. The van der Waals surface area contributed by atoms with E-state index in [1.165, 1.54) is 12.1 Å². The molecule has 0 aromatic heterocycles. The molecule has 0 saturated heterocycles. The highest BCUT2D eigenvalue weighted by Crippen LogP contribution is 2.27. The van der Waals surface area contributed by atoms with Gasteiger partial charge in [0.05, 0.1) is 25.8 Å². The summed E-state index contributed by atoms with van der Waals surface area (Å²) in [6.45, 7) is 2.12. The van der Waals surface area contributed by atoms with Crippen LogP contribution < -0.4 is 14.8 Å². The number of aryl methyl sites for hydroxylation is 1. The molecule has 2 aromatic rings. The van der Waals surface area contributed by atoms with Gasteiger partial charge in [-0.2, -0.15) is 0 Å². The number of nitrogens with one attached hydrogen (secondary N) is 1. The van der Waals surface area contributed by atoms with Gasteiger partial charge in [0.15, 0.2) is 11.5 Å². The molecule has 6 heteroatoms. The number of benzene rings is 2. The van der Waals surface area contributed by atoms with E-state index in [0.29, 0.717) is 16.0 Å². The zero-order chi connectivity index (χ0) is 16.8. The van der Waals surface area contributed by atoms with Gasteiger partial charge in [-0.25, -0.2) is 4.39 Å². The first kappa shape index (κ1) is 17.3. The van der Waals surface area contributed by atoms with E-state index < -0.39 is 5.82 Å². The first-order valence-corrected chi connectivity index (χ1v) is 7.81. The van der Waals surface area contributed by atoms with Crippen molar-refractivity contribution in [1.29, 1.82) is 0 Å². The molecule has 1 N–H and O–H groups in total. The molecular formula is C17H17BrFNO3. The standard InChI is InChI=1S/C17H17BrFNO3/c1-11-3-6-15(16(9-11)22-2)23-8-7-17(21)20-14-10-12(18)4-5-13(14)19/h3-6,9-10H,7-8H2,1-2H3,(H,20,21). The summed E-state index contributed by atoms with van der Waals surface area (Å²) in [6.07, 6.45) is 0.100. The summed E-state index contributed by atoms with van der Waals surface area (Å²) < 4.78 is 25.0. The minimum absolute atomic E-state index is 0.100. The van der Waals surface area contributed by atoms with Crippen LogP contribution in [0.25, 0.3) is 0 Å². The molecule has 0 aliphatic heterocycles. The zero-order valence-corrected chi connectivity index (χ0v) is 14.4. The SMILES string of the molecule is COc1cc(C)ccc1OCCC(=O)Nc1cc(Br)ccc1F. The highest BCUT2D eigenvalue weighted by molar-refractivity contribution is 9.10. The average molecular weight is 382 g/mol. The molecule has 0 radical (unpaired) electrons. The molecule has 2 rings (SSSR count). The maximum absolute atomic E-state index is 13.6. The molecule has 0 aliphatic rings. The lowest BCUT2D eigenvalue weighted by atomic mass is 10.2. The molecule has 0 unspecified atom stereocenters. The van der Waals surface area contributed by atoms with Crippen molar-refractivity contribution in [3.8, 4) is 11.5 Å². The lowest BCUT2D eigenvalue weighted by molar-refractivity contribution is -0.116. The van der Waals surface area contributed by atoms with Crippen molar-refractivity contribution in [3.05, 3.63) is 52.3 Å². The number of halogens is 2. The van der Waals surface area contributed by atoms with Gasteiger partial charge in [-0.05, 0) is 42.8 Å². The first-order chi connectivity index (χ1) is 11.0. The van der Waals surface area contributed by atoms with Gasteiger partial charge in [-0.3, -0.25) is 4.79 Å². The number of hydrogen-bond donors (Lipinski definition) is 1. The third kappa shape index (κ3) is 4.96. The Hall–Kier alpha value is -2.08. The van der Waals surface area contributed by atoms with Gasteiger partial charge in [0.25, 0.3) is 0 Å². The lowest BCUT2D eigenvalue weighted by Crippen LogP contribution is -2.16. The maximum atomic E-state index is 13.6. The fourth-order valence-corrected chi connectivity index (χ4v) is 2.31. The number of ether oxygens (including phenoxy) is 2. The summed E-state index contributed by atoms with van der Waals surface area (Å²) in [6, 6.07) is 9.91. The van der Waals surface area contributed by atoms with Crippen LogP contribution in [0, 0.1) is 12.7 Å². The average Bonchev–Trinajstić information content (AvgIpc) is 2.52. The Morgan fingerprint density at radius 2 is 2.00 bits per heavy atom. The van der Waals surface area contributed by atoms with Crippen LogP contribution in [-0.2, 0) is 4.79 Å². The lowest BCUT2D eigenvalue weighted by Gasteiger charge is -2.11. The largest absolute Gasteiger partial charge is 0.493 e. The Morgan fingerprint density at radius 1 is 1.22 bits per heavy atom. The third-order valence-electron chi connectivity index (χ3n) is 3.11. The molecule has 0 spiro atoms. The quantitative estimate of drug-likeness (QED) is 0.810. The number of carbonyl (C=O) groups is 1. The van der Waals surface area contributed by atoms with Crippen LogP contribution in [0.4, 0.5) is 10.1 Å². The summed E-state index contributed by atoms with van der Waals surface area (Å²) in [5, 5.41) is 2.52. The smallest absolute Gasteiger partial charge is 0.227 e. The minimum Gasteiger partial charge on any atom is -0.493 e. The van der Waals surface area contributed by atoms with Crippen LogP contribution in [-0.4, -0.2) is 19.6 Å². The molecule has 2 aromatic carbocycles. The fraction of sp³-hybridized carbons (Fsp3) is 0.235. The fourth-order valence-electron chi connectivity index (χ4n) is 1.95. The number of methoxy groups -OCH3 is 1. The van der Waals surface area contributed by atoms with Gasteiger partial charge < -0.3 is 14.8 Å². The number of amides is 1. The van der Waals surface area contributed by atoms with Crippen LogP contribution in [0.1, 0.15) is 12.0 Å². The Morgan fingerprint density at radius 3 is 2.74 bits per heavy atom. The van der Waals surface area contributed by atoms with Gasteiger partial charge in [0.1, 0.15) is 5.82 Å². The zero-order valence-electron chi connectivity index (χ0n) is 12.9. The molecular weight excluding hydrogens is 365 g/mol. The molecule has 0 aliphatic carbocycles. The third-order valence-corrected chi connectivity index (χ3v) is 3.60. The number of rotatable bonds is 6. The molecule has 23 heavy (non-hydrogen) atoms. The van der Waals surface area contributed by atoms with Crippen molar-refractivity contribution in [1.82, 2.24) is 0 Å². The van der Waals surface area contributed by atoms with E-state index in [4.69, 9.17) is 9.47 Å². The molecule has 0 heterocycles. The summed E-state index contributed by atoms with van der Waals surface area (Å²) >= 11 is 3.23. The van der Waals surface area contributed by atoms with E-state index in [9.17, 15) is 9.18 Å². The summed E-state index contributed by atoms with van der Waals surface area (Å²) in [4.78, 5) is 11.9. The molecule has 0 atom stereocenters. The normalized spacial score (nSPS) is 10.3. The monoisotopic (exact) mass is 381 g/mol. The molecule has 122 valence electrons. The second kappa shape index (κ2) is 7.97. The number of carbonyl (C=O) groups excluding carboxylic acids is 1. The van der Waals surface area contributed by atoms with E-state index in [0.717, 1.165) is 5.56 Å². The Labute approximate surface area is 142 Å². The summed E-state index contributed by atoms with van der Waals surface area (Å²) in [7, 11) is 1.56. The molecule has 1 amide bonds. The highest BCUT2D eigenvalue weighted by atomic mass is 79.9. The molecule has 0 fully saturated rings. The van der Waals surface area contributed by atoms with Crippen molar-refractivity contribution in [2.24, 2.45) is 0 Å². The Bertz CT molecular complexity index is 706. The molecule has 0 bridgehead atoms. The maximum Gasteiger partial charge on any atom is 0.227 e. The predicted molar refractivity (Wildman–Crippen MR) is 90.6 cm³/mol. The van der Waals surface area contributed by atoms with Crippen LogP contribution in [0.2, 0.25) is 0 Å². The highest BCUT2D eigenvalue weighted by Gasteiger charge is 2.09. The van der Waals surface area contributed by atoms with Crippen LogP contribution >= 0.6 is 15.9 Å². The Balaban J connectivity index is 1.89. The van der Waals surface area contributed by atoms with E-state index in [1.54, 1.807) is 19.2 Å². The van der Waals surface area contributed by atoms with E-state index in [2.05, 4.69) is 21.2 Å². The van der Waals surface area contributed by atoms with E-state index in [1.807, 2.05) is 19.1 Å². The number of anilines is 1. The number of hydrogen-bond acceptors (Lipinski definition) is 3.